The molecular formula is C16H27N3O2. The summed E-state index contributed by atoms with van der Waals surface area (Å²) in [5.41, 5.74) is -0.598. The summed E-state index contributed by atoms with van der Waals surface area (Å²) in [6.45, 7) is 6.65. The van der Waals surface area contributed by atoms with E-state index in [9.17, 15) is 4.79 Å². The first kappa shape index (κ1) is 16.1. The molecule has 0 radical (unpaired) electrons. The number of nitrogens with zero attached hydrogens (tertiary/aromatic N) is 3. The highest BCUT2D eigenvalue weighted by molar-refractivity contribution is 5.88. The molecule has 21 heavy (non-hydrogen) atoms. The van der Waals surface area contributed by atoms with Gasteiger partial charge in [-0.25, -0.2) is 9.67 Å². The predicted molar refractivity (Wildman–Crippen MR) is 81.2 cm³/mol. The summed E-state index contributed by atoms with van der Waals surface area (Å²) in [7, 11) is 0. The zero-order valence-electron chi connectivity index (χ0n) is 13.5. The van der Waals surface area contributed by atoms with Crippen LogP contribution in [0.1, 0.15) is 71.2 Å². The highest BCUT2D eigenvalue weighted by Crippen LogP contribution is 2.32. The number of hydrogen-bond donors (Lipinski definition) is 0. The molecule has 1 aliphatic carbocycles. The summed E-state index contributed by atoms with van der Waals surface area (Å²) in [6.07, 6.45) is 8.08. The van der Waals surface area contributed by atoms with E-state index < -0.39 is 5.60 Å². The molecule has 5 heteroatoms. The average Bonchev–Trinajstić information content (AvgIpc) is 2.77. The zero-order chi connectivity index (χ0) is 15.3. The smallest absolute Gasteiger partial charge is 0.172 e. The predicted octanol–water partition coefficient (Wildman–Crippen LogP) is 3.10. The lowest BCUT2D eigenvalue weighted by atomic mass is 9.87. The Morgan fingerprint density at radius 3 is 2.57 bits per heavy atom. The molecule has 0 bridgehead atoms. The van der Waals surface area contributed by atoms with Crippen molar-refractivity contribution in [2.45, 2.75) is 77.4 Å². The lowest BCUT2D eigenvalue weighted by molar-refractivity contribution is -0.145. The standard InChI is InChI=1S/C16H27N3O2/c1-4-21-16(9-7-5-6-8-10-16)14(20)11-15-17-12-18-19(15)13(2)3/h12-13H,4-11H2,1-3H3. The van der Waals surface area contributed by atoms with Crippen molar-refractivity contribution < 1.29 is 9.53 Å². The second-order valence-corrected chi connectivity index (χ2v) is 6.16. The minimum Gasteiger partial charge on any atom is -0.367 e. The van der Waals surface area contributed by atoms with E-state index in [4.69, 9.17) is 4.74 Å². The van der Waals surface area contributed by atoms with Gasteiger partial charge in [-0.1, -0.05) is 25.7 Å². The Kier molecular flexibility index (Phi) is 5.51. The molecule has 1 heterocycles. The van der Waals surface area contributed by atoms with Crippen LogP contribution in [0.5, 0.6) is 0 Å². The van der Waals surface area contributed by atoms with Crippen LogP contribution in [0.2, 0.25) is 0 Å². The normalized spacial score (nSPS) is 18.7. The number of carbonyl (C=O) groups excluding carboxylic acids is 1. The molecule has 1 aromatic rings. The van der Waals surface area contributed by atoms with E-state index in [2.05, 4.69) is 10.1 Å². The van der Waals surface area contributed by atoms with E-state index >= 15 is 0 Å². The van der Waals surface area contributed by atoms with E-state index in [1.54, 1.807) is 0 Å². The molecule has 1 aromatic heterocycles. The molecule has 1 saturated carbocycles. The van der Waals surface area contributed by atoms with E-state index in [1.165, 1.54) is 19.2 Å². The summed E-state index contributed by atoms with van der Waals surface area (Å²) in [4.78, 5) is 17.2. The Hall–Kier alpha value is -1.23. The van der Waals surface area contributed by atoms with Gasteiger partial charge >= 0.3 is 0 Å². The molecule has 0 aliphatic heterocycles. The highest BCUT2D eigenvalue weighted by atomic mass is 16.5. The lowest BCUT2D eigenvalue weighted by Gasteiger charge is -2.31. The van der Waals surface area contributed by atoms with Gasteiger partial charge in [-0.3, -0.25) is 4.79 Å². The van der Waals surface area contributed by atoms with Gasteiger partial charge in [0.25, 0.3) is 0 Å². The number of ketones is 1. The van der Waals surface area contributed by atoms with Crippen LogP contribution in [0.3, 0.4) is 0 Å². The first-order chi connectivity index (χ1) is 10.1. The van der Waals surface area contributed by atoms with Gasteiger partial charge in [0.2, 0.25) is 0 Å². The van der Waals surface area contributed by atoms with Crippen LogP contribution < -0.4 is 0 Å². The third-order valence-corrected chi connectivity index (χ3v) is 4.30. The maximum atomic E-state index is 12.9. The van der Waals surface area contributed by atoms with Crippen molar-refractivity contribution in [2.75, 3.05) is 6.61 Å². The number of Topliss-reactive ketones (excluding diaryl/α,β-unsaturated/α-hetero) is 1. The van der Waals surface area contributed by atoms with Crippen LogP contribution in [-0.4, -0.2) is 32.8 Å². The van der Waals surface area contributed by atoms with Crippen molar-refractivity contribution >= 4 is 5.78 Å². The molecule has 2 rings (SSSR count). The number of ether oxygens (including phenoxy) is 1. The first-order valence-electron chi connectivity index (χ1n) is 8.14. The van der Waals surface area contributed by atoms with Gasteiger partial charge in [-0.2, -0.15) is 5.10 Å². The van der Waals surface area contributed by atoms with E-state index in [1.807, 2.05) is 25.5 Å². The lowest BCUT2D eigenvalue weighted by Crippen LogP contribution is -2.42. The SMILES string of the molecule is CCOC1(C(=O)Cc2ncnn2C(C)C)CCCCCC1. The van der Waals surface area contributed by atoms with Crippen LogP contribution in [0.15, 0.2) is 6.33 Å². The number of hydrogen-bond acceptors (Lipinski definition) is 4. The molecule has 0 aromatic carbocycles. The molecule has 0 amide bonds. The summed E-state index contributed by atoms with van der Waals surface area (Å²) in [5, 5.41) is 4.21. The number of carbonyl (C=O) groups is 1. The summed E-state index contributed by atoms with van der Waals surface area (Å²) >= 11 is 0. The van der Waals surface area contributed by atoms with Crippen molar-refractivity contribution in [1.29, 1.82) is 0 Å². The van der Waals surface area contributed by atoms with Gasteiger partial charge in [0.1, 0.15) is 17.8 Å². The molecule has 1 fully saturated rings. The minimum atomic E-state index is -0.598. The Balaban J connectivity index is 2.16. The maximum absolute atomic E-state index is 12.9. The van der Waals surface area contributed by atoms with Gasteiger partial charge < -0.3 is 4.74 Å². The average molecular weight is 293 g/mol. The first-order valence-corrected chi connectivity index (χ1v) is 8.14. The van der Waals surface area contributed by atoms with Gasteiger partial charge in [-0.15, -0.1) is 0 Å². The topological polar surface area (TPSA) is 57.0 Å². The van der Waals surface area contributed by atoms with Crippen molar-refractivity contribution in [3.63, 3.8) is 0 Å². The monoisotopic (exact) mass is 293 g/mol. The van der Waals surface area contributed by atoms with E-state index in [0.29, 0.717) is 13.0 Å². The van der Waals surface area contributed by atoms with Crippen LogP contribution >= 0.6 is 0 Å². The highest BCUT2D eigenvalue weighted by Gasteiger charge is 2.39. The maximum Gasteiger partial charge on any atom is 0.172 e. The second-order valence-electron chi connectivity index (χ2n) is 6.16. The minimum absolute atomic E-state index is 0.168. The van der Waals surface area contributed by atoms with Crippen molar-refractivity contribution in [3.8, 4) is 0 Å². The Labute approximate surface area is 127 Å². The van der Waals surface area contributed by atoms with Crippen molar-refractivity contribution in [3.05, 3.63) is 12.2 Å². The molecule has 0 N–H and O–H groups in total. The van der Waals surface area contributed by atoms with Gasteiger partial charge in [0.05, 0.1) is 6.42 Å². The van der Waals surface area contributed by atoms with Crippen LogP contribution in [0.4, 0.5) is 0 Å². The van der Waals surface area contributed by atoms with Gasteiger partial charge in [0, 0.05) is 12.6 Å². The molecule has 5 nitrogen and oxygen atoms in total. The Morgan fingerprint density at radius 1 is 1.33 bits per heavy atom. The molecule has 0 atom stereocenters. The van der Waals surface area contributed by atoms with Crippen LogP contribution in [-0.2, 0) is 16.0 Å². The molecular weight excluding hydrogens is 266 g/mol. The fourth-order valence-corrected chi connectivity index (χ4v) is 3.22. The summed E-state index contributed by atoms with van der Waals surface area (Å²) in [6, 6.07) is 0.215. The van der Waals surface area contributed by atoms with Gasteiger partial charge in [0.15, 0.2) is 5.78 Å². The quantitative estimate of drug-likeness (QED) is 0.756. The van der Waals surface area contributed by atoms with Gasteiger partial charge in [-0.05, 0) is 33.6 Å². The molecule has 0 spiro atoms. The fraction of sp³-hybridized carbons (Fsp3) is 0.812. The molecule has 0 unspecified atom stereocenters. The van der Waals surface area contributed by atoms with Crippen LogP contribution in [0, 0.1) is 0 Å². The largest absolute Gasteiger partial charge is 0.367 e. The third-order valence-electron chi connectivity index (χ3n) is 4.30. The molecule has 118 valence electrons. The Bertz CT molecular complexity index is 460. The van der Waals surface area contributed by atoms with E-state index in [0.717, 1.165) is 31.5 Å². The number of rotatable bonds is 6. The van der Waals surface area contributed by atoms with E-state index in [-0.39, 0.29) is 11.8 Å². The molecule has 0 saturated heterocycles. The third kappa shape index (κ3) is 3.70. The fourth-order valence-electron chi connectivity index (χ4n) is 3.22. The number of aromatic nitrogens is 3. The summed E-state index contributed by atoms with van der Waals surface area (Å²) in [5.74, 6) is 0.916. The van der Waals surface area contributed by atoms with Crippen molar-refractivity contribution in [2.24, 2.45) is 0 Å². The van der Waals surface area contributed by atoms with Crippen LogP contribution in [0.25, 0.3) is 0 Å². The second kappa shape index (κ2) is 7.16. The zero-order valence-corrected chi connectivity index (χ0v) is 13.5. The Morgan fingerprint density at radius 2 is 2.00 bits per heavy atom. The molecule has 1 aliphatic rings. The summed E-state index contributed by atoms with van der Waals surface area (Å²) < 4.78 is 7.78. The van der Waals surface area contributed by atoms with Crippen molar-refractivity contribution in [1.82, 2.24) is 14.8 Å².